The number of aliphatic hydroxyl groups excluding tert-OH is 1. The maximum atomic E-state index is 11.9. The molecule has 0 aliphatic carbocycles. The average molecular weight is 301 g/mol. The van der Waals surface area contributed by atoms with Crippen LogP contribution in [0.2, 0.25) is 0 Å². The lowest BCUT2D eigenvalue weighted by Gasteiger charge is -2.15. The van der Waals surface area contributed by atoms with E-state index in [0.29, 0.717) is 17.1 Å². The first kappa shape index (κ1) is 15.8. The number of hydrogen-bond donors (Lipinski definition) is 3. The molecule has 1 aromatic heterocycles. The molecule has 22 heavy (non-hydrogen) atoms. The van der Waals surface area contributed by atoms with Gasteiger partial charge in [0, 0.05) is 18.3 Å². The van der Waals surface area contributed by atoms with Crippen LogP contribution in [0.1, 0.15) is 17.2 Å². The number of rotatable bonds is 5. The number of amides is 2. The molecule has 6 nitrogen and oxygen atoms in total. The smallest absolute Gasteiger partial charge is 0.320 e. The fraction of sp³-hybridized carbons (Fsp3) is 0.250. The van der Waals surface area contributed by atoms with Crippen LogP contribution < -0.4 is 15.4 Å². The summed E-state index contributed by atoms with van der Waals surface area (Å²) in [6, 6.07) is 10.4. The number of carbonyl (C=O) groups excluding carboxylic acids is 1. The summed E-state index contributed by atoms with van der Waals surface area (Å²) in [6.45, 7) is 1.92. The number of aromatic nitrogens is 1. The lowest BCUT2D eigenvalue weighted by atomic mass is 10.1. The van der Waals surface area contributed by atoms with Gasteiger partial charge in [0.1, 0.15) is 11.6 Å². The number of nitrogens with one attached hydrogen (secondary N) is 2. The van der Waals surface area contributed by atoms with Gasteiger partial charge < -0.3 is 15.2 Å². The Hall–Kier alpha value is -2.60. The van der Waals surface area contributed by atoms with Gasteiger partial charge in [-0.05, 0) is 24.6 Å². The van der Waals surface area contributed by atoms with Crippen LogP contribution in [0.15, 0.2) is 42.6 Å². The van der Waals surface area contributed by atoms with E-state index in [-0.39, 0.29) is 6.54 Å². The minimum atomic E-state index is -0.855. The van der Waals surface area contributed by atoms with Crippen LogP contribution in [0.4, 0.5) is 10.6 Å². The number of para-hydroxylation sites is 1. The van der Waals surface area contributed by atoms with Gasteiger partial charge in [0.25, 0.3) is 0 Å². The number of aliphatic hydroxyl groups is 1. The van der Waals surface area contributed by atoms with Gasteiger partial charge in [0.15, 0.2) is 0 Å². The fourth-order valence-corrected chi connectivity index (χ4v) is 2.01. The molecule has 0 radical (unpaired) electrons. The molecule has 2 amide bonds. The molecule has 0 aliphatic heterocycles. The Morgan fingerprint density at radius 3 is 2.82 bits per heavy atom. The van der Waals surface area contributed by atoms with Crippen LogP contribution in [-0.4, -0.2) is 29.8 Å². The van der Waals surface area contributed by atoms with Gasteiger partial charge in [-0.1, -0.05) is 24.3 Å². The van der Waals surface area contributed by atoms with Crippen molar-refractivity contribution in [3.63, 3.8) is 0 Å². The number of methoxy groups -OCH3 is 1. The van der Waals surface area contributed by atoms with Crippen LogP contribution in [0.25, 0.3) is 0 Å². The van der Waals surface area contributed by atoms with E-state index >= 15 is 0 Å². The molecule has 0 aliphatic rings. The second-order valence-corrected chi connectivity index (χ2v) is 4.76. The number of anilines is 1. The second kappa shape index (κ2) is 7.42. The Balaban J connectivity index is 1.92. The minimum Gasteiger partial charge on any atom is -0.496 e. The molecule has 1 atom stereocenters. The fourth-order valence-electron chi connectivity index (χ4n) is 2.01. The third-order valence-corrected chi connectivity index (χ3v) is 3.20. The molecule has 116 valence electrons. The molecule has 2 rings (SSSR count). The molecule has 0 saturated carbocycles. The van der Waals surface area contributed by atoms with Gasteiger partial charge in [0.05, 0.1) is 13.2 Å². The number of aryl methyl sites for hydroxylation is 1. The van der Waals surface area contributed by atoms with E-state index in [1.807, 2.05) is 19.1 Å². The maximum absolute atomic E-state index is 11.9. The van der Waals surface area contributed by atoms with Crippen LogP contribution >= 0.6 is 0 Å². The van der Waals surface area contributed by atoms with Gasteiger partial charge >= 0.3 is 6.03 Å². The summed E-state index contributed by atoms with van der Waals surface area (Å²) >= 11 is 0. The highest BCUT2D eigenvalue weighted by Gasteiger charge is 2.14. The van der Waals surface area contributed by atoms with Gasteiger partial charge in [-0.2, -0.15) is 0 Å². The van der Waals surface area contributed by atoms with E-state index in [1.165, 1.54) is 7.11 Å². The highest BCUT2D eigenvalue weighted by molar-refractivity contribution is 5.88. The Labute approximate surface area is 129 Å². The molecule has 0 bridgehead atoms. The minimum absolute atomic E-state index is 0.0675. The average Bonchev–Trinajstić information content (AvgIpc) is 2.54. The standard InChI is InChI=1S/C16H19N3O3/c1-11-6-5-9-17-15(11)19-16(21)18-10-13(20)12-7-3-4-8-14(12)22-2/h3-9,13,20H,10H2,1-2H3,(H2,17,18,19,21)/t13-/m0/s1. The van der Waals surface area contributed by atoms with Crippen molar-refractivity contribution in [3.8, 4) is 5.75 Å². The van der Waals surface area contributed by atoms with Crippen molar-refractivity contribution < 1.29 is 14.6 Å². The quantitative estimate of drug-likeness (QED) is 0.791. The van der Waals surface area contributed by atoms with E-state index in [4.69, 9.17) is 4.74 Å². The molecule has 3 N–H and O–H groups in total. The summed E-state index contributed by atoms with van der Waals surface area (Å²) in [7, 11) is 1.54. The first-order valence-corrected chi connectivity index (χ1v) is 6.89. The second-order valence-electron chi connectivity index (χ2n) is 4.76. The maximum Gasteiger partial charge on any atom is 0.320 e. The first-order valence-electron chi connectivity index (χ1n) is 6.89. The molecule has 0 spiro atoms. The first-order chi connectivity index (χ1) is 10.6. The number of nitrogens with zero attached hydrogens (tertiary/aromatic N) is 1. The Morgan fingerprint density at radius 2 is 2.09 bits per heavy atom. The number of hydrogen-bond acceptors (Lipinski definition) is 4. The van der Waals surface area contributed by atoms with Crippen molar-refractivity contribution in [1.29, 1.82) is 0 Å². The molecule has 0 unspecified atom stereocenters. The topological polar surface area (TPSA) is 83.5 Å². The van der Waals surface area contributed by atoms with Crippen LogP contribution in [0, 0.1) is 6.92 Å². The number of benzene rings is 1. The van der Waals surface area contributed by atoms with E-state index in [9.17, 15) is 9.90 Å². The Morgan fingerprint density at radius 1 is 1.32 bits per heavy atom. The van der Waals surface area contributed by atoms with Crippen molar-refractivity contribution in [2.45, 2.75) is 13.0 Å². The third-order valence-electron chi connectivity index (χ3n) is 3.20. The predicted octanol–water partition coefficient (Wildman–Crippen LogP) is 2.25. The zero-order valence-electron chi connectivity index (χ0n) is 12.5. The number of urea groups is 1. The van der Waals surface area contributed by atoms with Crippen LogP contribution in [0.5, 0.6) is 5.75 Å². The van der Waals surface area contributed by atoms with Gasteiger partial charge in [0.2, 0.25) is 0 Å². The highest BCUT2D eigenvalue weighted by atomic mass is 16.5. The molecule has 0 fully saturated rings. The summed E-state index contributed by atoms with van der Waals surface area (Å²) in [5.74, 6) is 1.07. The number of ether oxygens (including phenoxy) is 1. The van der Waals surface area contributed by atoms with Crippen molar-refractivity contribution in [2.24, 2.45) is 0 Å². The molecule has 1 heterocycles. The summed E-state index contributed by atoms with van der Waals surface area (Å²) in [4.78, 5) is 15.9. The summed E-state index contributed by atoms with van der Waals surface area (Å²) < 4.78 is 5.19. The molecular weight excluding hydrogens is 282 g/mol. The summed E-state index contributed by atoms with van der Waals surface area (Å²) in [6.07, 6.45) is 0.749. The summed E-state index contributed by atoms with van der Waals surface area (Å²) in [5.41, 5.74) is 1.49. The highest BCUT2D eigenvalue weighted by Crippen LogP contribution is 2.24. The van der Waals surface area contributed by atoms with Crippen molar-refractivity contribution in [2.75, 3.05) is 19.0 Å². The zero-order valence-corrected chi connectivity index (χ0v) is 12.5. The normalized spacial score (nSPS) is 11.6. The van der Waals surface area contributed by atoms with Gasteiger partial charge in [-0.25, -0.2) is 9.78 Å². The Kier molecular flexibility index (Phi) is 5.32. The van der Waals surface area contributed by atoms with E-state index in [2.05, 4.69) is 15.6 Å². The van der Waals surface area contributed by atoms with Crippen molar-refractivity contribution in [3.05, 3.63) is 53.7 Å². The van der Waals surface area contributed by atoms with Gasteiger partial charge in [-0.3, -0.25) is 5.32 Å². The lowest BCUT2D eigenvalue weighted by molar-refractivity contribution is 0.171. The monoisotopic (exact) mass is 301 g/mol. The third kappa shape index (κ3) is 3.95. The molecule has 1 aromatic carbocycles. The van der Waals surface area contributed by atoms with Crippen LogP contribution in [-0.2, 0) is 0 Å². The molecule has 0 saturated heterocycles. The predicted molar refractivity (Wildman–Crippen MR) is 83.9 cm³/mol. The summed E-state index contributed by atoms with van der Waals surface area (Å²) in [5, 5.41) is 15.4. The molecular formula is C16H19N3O3. The van der Waals surface area contributed by atoms with Gasteiger partial charge in [-0.15, -0.1) is 0 Å². The van der Waals surface area contributed by atoms with Crippen LogP contribution in [0.3, 0.4) is 0 Å². The molecule has 6 heteroatoms. The number of pyridine rings is 1. The van der Waals surface area contributed by atoms with E-state index < -0.39 is 12.1 Å². The van der Waals surface area contributed by atoms with Crippen molar-refractivity contribution in [1.82, 2.24) is 10.3 Å². The largest absolute Gasteiger partial charge is 0.496 e. The SMILES string of the molecule is COc1ccccc1[C@@H](O)CNC(=O)Nc1ncccc1C. The zero-order chi connectivity index (χ0) is 15.9. The van der Waals surface area contributed by atoms with E-state index in [0.717, 1.165) is 5.56 Å². The lowest BCUT2D eigenvalue weighted by Crippen LogP contribution is -2.33. The number of carbonyl (C=O) groups is 1. The molecule has 2 aromatic rings. The van der Waals surface area contributed by atoms with Crippen molar-refractivity contribution >= 4 is 11.8 Å². The Bertz CT molecular complexity index is 646. The van der Waals surface area contributed by atoms with E-state index in [1.54, 1.807) is 30.5 Å².